The fourth-order valence-corrected chi connectivity index (χ4v) is 2.17. The molecule has 0 aliphatic carbocycles. The highest BCUT2D eigenvalue weighted by Crippen LogP contribution is 2.17. The van der Waals surface area contributed by atoms with E-state index in [1.165, 1.54) is 32.2 Å². The first-order valence-electron chi connectivity index (χ1n) is 5.29. The molecule has 1 aliphatic rings. The van der Waals surface area contributed by atoms with E-state index in [0.29, 0.717) is 12.6 Å². The van der Waals surface area contributed by atoms with E-state index in [1.807, 2.05) is 0 Å². The van der Waals surface area contributed by atoms with Crippen LogP contribution in [0.4, 0.5) is 0 Å². The molecule has 2 nitrogen and oxygen atoms in total. The van der Waals surface area contributed by atoms with Gasteiger partial charge >= 0.3 is 0 Å². The van der Waals surface area contributed by atoms with Crippen molar-refractivity contribution in [2.24, 2.45) is 0 Å². The molecule has 0 aromatic rings. The minimum absolute atomic E-state index is 0.329. The molecular formula is C10H20ClNO. The number of nitrogens with zero attached hydrogens (tertiary/aromatic N) is 1. The van der Waals surface area contributed by atoms with E-state index >= 15 is 0 Å². The SMILES string of the molecule is OCC1CCCN1CCCCCCl. The second-order valence-corrected chi connectivity index (χ2v) is 4.14. The summed E-state index contributed by atoms with van der Waals surface area (Å²) in [5, 5.41) is 9.08. The highest BCUT2D eigenvalue weighted by molar-refractivity contribution is 6.17. The molecule has 0 spiro atoms. The Morgan fingerprint density at radius 1 is 1.31 bits per heavy atom. The third-order valence-electron chi connectivity index (χ3n) is 2.79. The maximum Gasteiger partial charge on any atom is 0.0586 e. The van der Waals surface area contributed by atoms with E-state index in [1.54, 1.807) is 0 Å². The maximum atomic E-state index is 9.08. The van der Waals surface area contributed by atoms with Gasteiger partial charge in [-0.1, -0.05) is 6.42 Å². The third kappa shape index (κ3) is 3.84. The van der Waals surface area contributed by atoms with Gasteiger partial charge < -0.3 is 5.11 Å². The molecule has 0 saturated carbocycles. The molecule has 13 heavy (non-hydrogen) atoms. The number of aliphatic hydroxyl groups is 1. The van der Waals surface area contributed by atoms with Crippen molar-refractivity contribution in [1.29, 1.82) is 0 Å². The van der Waals surface area contributed by atoms with E-state index < -0.39 is 0 Å². The second-order valence-electron chi connectivity index (χ2n) is 3.76. The second kappa shape index (κ2) is 6.63. The van der Waals surface area contributed by atoms with Crippen molar-refractivity contribution in [3.63, 3.8) is 0 Å². The highest BCUT2D eigenvalue weighted by atomic mass is 35.5. The van der Waals surface area contributed by atoms with Crippen LogP contribution < -0.4 is 0 Å². The van der Waals surface area contributed by atoms with Gasteiger partial charge in [-0.05, 0) is 38.8 Å². The predicted octanol–water partition coefficient (Wildman–Crippen LogP) is 1.85. The zero-order chi connectivity index (χ0) is 9.52. The monoisotopic (exact) mass is 205 g/mol. The molecule has 78 valence electrons. The molecule has 1 saturated heterocycles. The fourth-order valence-electron chi connectivity index (χ4n) is 1.98. The molecule has 1 N–H and O–H groups in total. The van der Waals surface area contributed by atoms with Crippen LogP contribution in [-0.2, 0) is 0 Å². The molecule has 1 atom stereocenters. The Hall–Kier alpha value is 0.210. The Morgan fingerprint density at radius 3 is 2.85 bits per heavy atom. The number of rotatable bonds is 6. The first-order chi connectivity index (χ1) is 6.38. The normalized spacial score (nSPS) is 24.0. The van der Waals surface area contributed by atoms with Crippen molar-refractivity contribution in [2.45, 2.75) is 38.1 Å². The average Bonchev–Trinajstić information content (AvgIpc) is 2.60. The zero-order valence-electron chi connectivity index (χ0n) is 8.21. The lowest BCUT2D eigenvalue weighted by molar-refractivity contribution is 0.157. The molecule has 3 heteroatoms. The number of likely N-dealkylation sites (tertiary alicyclic amines) is 1. The molecule has 0 aromatic heterocycles. The fraction of sp³-hybridized carbons (Fsp3) is 1.00. The standard InChI is InChI=1S/C10H20ClNO/c11-6-2-1-3-7-12-8-4-5-10(12)9-13/h10,13H,1-9H2. The van der Waals surface area contributed by atoms with Gasteiger partial charge in [0.1, 0.15) is 0 Å². The van der Waals surface area contributed by atoms with E-state index in [4.69, 9.17) is 16.7 Å². The highest BCUT2D eigenvalue weighted by Gasteiger charge is 2.22. The van der Waals surface area contributed by atoms with Gasteiger partial charge in [0.25, 0.3) is 0 Å². The van der Waals surface area contributed by atoms with Crippen molar-refractivity contribution in [2.75, 3.05) is 25.6 Å². The molecule has 1 unspecified atom stereocenters. The van der Waals surface area contributed by atoms with Gasteiger partial charge in [-0.25, -0.2) is 0 Å². The van der Waals surface area contributed by atoms with Crippen LogP contribution in [0.2, 0.25) is 0 Å². The van der Waals surface area contributed by atoms with E-state index in [2.05, 4.69) is 4.90 Å². The lowest BCUT2D eigenvalue weighted by Crippen LogP contribution is -2.32. The lowest BCUT2D eigenvalue weighted by atomic mass is 10.2. The molecule has 0 radical (unpaired) electrons. The summed E-state index contributed by atoms with van der Waals surface area (Å²) in [5.74, 6) is 0.781. The minimum atomic E-state index is 0.329. The van der Waals surface area contributed by atoms with Crippen LogP contribution >= 0.6 is 11.6 Å². The van der Waals surface area contributed by atoms with Crippen LogP contribution in [0.25, 0.3) is 0 Å². The van der Waals surface area contributed by atoms with Gasteiger partial charge in [-0.2, -0.15) is 0 Å². The largest absolute Gasteiger partial charge is 0.395 e. The van der Waals surface area contributed by atoms with E-state index in [9.17, 15) is 0 Å². The van der Waals surface area contributed by atoms with Crippen molar-refractivity contribution in [1.82, 2.24) is 4.90 Å². The summed E-state index contributed by atoms with van der Waals surface area (Å²) in [4.78, 5) is 2.41. The van der Waals surface area contributed by atoms with Gasteiger partial charge in [0.15, 0.2) is 0 Å². The summed E-state index contributed by atoms with van der Waals surface area (Å²) >= 11 is 5.60. The quantitative estimate of drug-likeness (QED) is 0.529. The number of hydrogen-bond acceptors (Lipinski definition) is 2. The number of halogens is 1. The molecule has 0 amide bonds. The van der Waals surface area contributed by atoms with Gasteiger partial charge in [0, 0.05) is 11.9 Å². The van der Waals surface area contributed by atoms with E-state index in [-0.39, 0.29) is 0 Å². The Labute approximate surface area is 85.9 Å². The van der Waals surface area contributed by atoms with Gasteiger partial charge in [-0.15, -0.1) is 11.6 Å². The first-order valence-corrected chi connectivity index (χ1v) is 5.83. The smallest absolute Gasteiger partial charge is 0.0586 e. The maximum absolute atomic E-state index is 9.08. The summed E-state index contributed by atoms with van der Waals surface area (Å²) in [6.45, 7) is 2.64. The molecule has 1 aliphatic heterocycles. The molecule has 0 aromatic carbocycles. The van der Waals surface area contributed by atoms with Gasteiger partial charge in [0.05, 0.1) is 6.61 Å². The van der Waals surface area contributed by atoms with Crippen LogP contribution in [0.3, 0.4) is 0 Å². The summed E-state index contributed by atoms with van der Waals surface area (Å²) in [6.07, 6.45) is 5.99. The summed E-state index contributed by atoms with van der Waals surface area (Å²) in [7, 11) is 0. The summed E-state index contributed by atoms with van der Waals surface area (Å²) in [5.41, 5.74) is 0. The lowest BCUT2D eigenvalue weighted by Gasteiger charge is -2.22. The molecule has 1 heterocycles. The van der Waals surface area contributed by atoms with Crippen LogP contribution in [-0.4, -0.2) is 41.6 Å². The molecular weight excluding hydrogens is 186 g/mol. The van der Waals surface area contributed by atoms with Crippen LogP contribution in [0.5, 0.6) is 0 Å². The predicted molar refractivity (Wildman–Crippen MR) is 56.3 cm³/mol. The van der Waals surface area contributed by atoms with Gasteiger partial charge in [0.2, 0.25) is 0 Å². The van der Waals surface area contributed by atoms with Crippen molar-refractivity contribution < 1.29 is 5.11 Å². The number of unbranched alkanes of at least 4 members (excludes halogenated alkanes) is 2. The molecule has 0 bridgehead atoms. The number of aliphatic hydroxyl groups excluding tert-OH is 1. The Kier molecular flexibility index (Phi) is 5.76. The third-order valence-corrected chi connectivity index (χ3v) is 3.06. The van der Waals surface area contributed by atoms with Crippen molar-refractivity contribution >= 4 is 11.6 Å². The van der Waals surface area contributed by atoms with Crippen LogP contribution in [0, 0.1) is 0 Å². The topological polar surface area (TPSA) is 23.5 Å². The van der Waals surface area contributed by atoms with E-state index in [0.717, 1.165) is 18.8 Å². The zero-order valence-corrected chi connectivity index (χ0v) is 8.97. The van der Waals surface area contributed by atoms with Crippen molar-refractivity contribution in [3.8, 4) is 0 Å². The minimum Gasteiger partial charge on any atom is -0.395 e. The van der Waals surface area contributed by atoms with Crippen LogP contribution in [0.15, 0.2) is 0 Å². The Balaban J connectivity index is 2.06. The molecule has 1 rings (SSSR count). The summed E-state index contributed by atoms with van der Waals surface area (Å²) in [6, 6.07) is 0.441. The number of hydrogen-bond donors (Lipinski definition) is 1. The van der Waals surface area contributed by atoms with Gasteiger partial charge in [-0.3, -0.25) is 4.90 Å². The van der Waals surface area contributed by atoms with Crippen molar-refractivity contribution in [3.05, 3.63) is 0 Å². The summed E-state index contributed by atoms with van der Waals surface area (Å²) < 4.78 is 0. The number of alkyl halides is 1. The Morgan fingerprint density at radius 2 is 2.15 bits per heavy atom. The first kappa shape index (κ1) is 11.3. The average molecular weight is 206 g/mol. The van der Waals surface area contributed by atoms with Crippen LogP contribution in [0.1, 0.15) is 32.1 Å². The molecule has 1 fully saturated rings. The Bertz CT molecular complexity index is 132.